The molecule has 1 N–H and O–H groups in total. The molecule has 3 rings (SSSR count). The van der Waals surface area contributed by atoms with Gasteiger partial charge in [0.15, 0.2) is 5.96 Å². The summed E-state index contributed by atoms with van der Waals surface area (Å²) in [6.45, 7) is 2.03. The Balaban J connectivity index is 1.56. The van der Waals surface area contributed by atoms with Crippen molar-refractivity contribution in [3.63, 3.8) is 0 Å². The summed E-state index contributed by atoms with van der Waals surface area (Å²) in [5, 5.41) is 4.83. The van der Waals surface area contributed by atoms with Gasteiger partial charge in [0, 0.05) is 26.2 Å². The molecule has 0 bridgehead atoms. The fourth-order valence-corrected chi connectivity index (χ4v) is 3.14. The van der Waals surface area contributed by atoms with Gasteiger partial charge in [0.25, 0.3) is 0 Å². The fourth-order valence-electron chi connectivity index (χ4n) is 2.83. The normalized spacial score (nSPS) is 25.9. The smallest absolute Gasteiger partial charge is 0.193 e. The van der Waals surface area contributed by atoms with Crippen LogP contribution in [0.4, 0.5) is 0 Å². The molecule has 0 saturated heterocycles. The van der Waals surface area contributed by atoms with Crippen molar-refractivity contribution in [3.8, 4) is 0 Å². The number of halogens is 2. The molecule has 2 aliphatic rings. The summed E-state index contributed by atoms with van der Waals surface area (Å²) in [5.41, 5.74) is 1.29. The highest BCUT2D eigenvalue weighted by molar-refractivity contribution is 6.42. The van der Waals surface area contributed by atoms with E-state index in [1.165, 1.54) is 5.56 Å². The predicted molar refractivity (Wildman–Crippen MR) is 84.9 cm³/mol. The molecule has 1 aliphatic carbocycles. The van der Waals surface area contributed by atoms with E-state index < -0.39 is 0 Å². The van der Waals surface area contributed by atoms with E-state index in [4.69, 9.17) is 23.2 Å². The SMILES string of the molecule is CN1CCCN=C1NC1CC(c2ccc(Cl)c(Cl)c2)C1. The van der Waals surface area contributed by atoms with Gasteiger partial charge in [0.1, 0.15) is 0 Å². The highest BCUT2D eigenvalue weighted by Gasteiger charge is 2.32. The number of nitrogens with one attached hydrogen (secondary N) is 1. The van der Waals surface area contributed by atoms with Crippen LogP contribution in [0.3, 0.4) is 0 Å². The second kappa shape index (κ2) is 5.82. The first-order chi connectivity index (χ1) is 9.63. The minimum atomic E-state index is 0.522. The lowest BCUT2D eigenvalue weighted by Crippen LogP contribution is -2.50. The van der Waals surface area contributed by atoms with Crippen LogP contribution in [0.5, 0.6) is 0 Å². The van der Waals surface area contributed by atoms with Crippen LogP contribution in [0.25, 0.3) is 0 Å². The minimum Gasteiger partial charge on any atom is -0.353 e. The van der Waals surface area contributed by atoms with E-state index in [0.29, 0.717) is 22.0 Å². The lowest BCUT2D eigenvalue weighted by Gasteiger charge is -2.39. The quantitative estimate of drug-likeness (QED) is 0.905. The molecule has 3 nitrogen and oxygen atoms in total. The van der Waals surface area contributed by atoms with Crippen LogP contribution in [0.2, 0.25) is 10.0 Å². The summed E-state index contributed by atoms with van der Waals surface area (Å²) in [7, 11) is 2.10. The number of benzene rings is 1. The van der Waals surface area contributed by atoms with Gasteiger partial charge < -0.3 is 10.2 Å². The molecule has 1 aliphatic heterocycles. The van der Waals surface area contributed by atoms with E-state index in [-0.39, 0.29) is 0 Å². The number of aliphatic imine (C=N–C) groups is 1. The van der Waals surface area contributed by atoms with Crippen LogP contribution in [0.15, 0.2) is 23.2 Å². The Hall–Kier alpha value is -0.930. The number of nitrogens with zero attached hydrogens (tertiary/aromatic N) is 2. The third-order valence-electron chi connectivity index (χ3n) is 4.16. The minimum absolute atomic E-state index is 0.522. The van der Waals surface area contributed by atoms with Crippen molar-refractivity contribution < 1.29 is 0 Å². The summed E-state index contributed by atoms with van der Waals surface area (Å²) in [6, 6.07) is 6.49. The van der Waals surface area contributed by atoms with Crippen molar-refractivity contribution >= 4 is 29.2 Å². The van der Waals surface area contributed by atoms with Gasteiger partial charge in [-0.05, 0) is 42.9 Å². The molecule has 0 atom stereocenters. The number of guanidine groups is 1. The molecule has 108 valence electrons. The molecule has 0 radical (unpaired) electrons. The van der Waals surface area contributed by atoms with Gasteiger partial charge in [-0.1, -0.05) is 29.3 Å². The Morgan fingerprint density at radius 1 is 1.25 bits per heavy atom. The van der Waals surface area contributed by atoms with Gasteiger partial charge in [-0.3, -0.25) is 4.99 Å². The van der Waals surface area contributed by atoms with Crippen molar-refractivity contribution in [1.29, 1.82) is 0 Å². The summed E-state index contributed by atoms with van der Waals surface area (Å²) >= 11 is 12.0. The molecule has 0 unspecified atom stereocenters. The Bertz CT molecular complexity index is 524. The van der Waals surface area contributed by atoms with Gasteiger partial charge in [0.2, 0.25) is 0 Å². The first-order valence-corrected chi connectivity index (χ1v) is 7.86. The molecule has 0 amide bonds. The van der Waals surface area contributed by atoms with Gasteiger partial charge in [-0.2, -0.15) is 0 Å². The molecule has 1 fully saturated rings. The van der Waals surface area contributed by atoms with Gasteiger partial charge in [0.05, 0.1) is 10.0 Å². The van der Waals surface area contributed by atoms with Crippen molar-refractivity contribution in [2.24, 2.45) is 4.99 Å². The van der Waals surface area contributed by atoms with E-state index in [1.807, 2.05) is 12.1 Å². The number of hydrogen-bond acceptors (Lipinski definition) is 3. The van der Waals surface area contributed by atoms with Gasteiger partial charge in [-0.15, -0.1) is 0 Å². The van der Waals surface area contributed by atoms with Crippen LogP contribution in [0, 0.1) is 0 Å². The summed E-state index contributed by atoms with van der Waals surface area (Å²) in [4.78, 5) is 6.75. The third kappa shape index (κ3) is 2.89. The van der Waals surface area contributed by atoms with E-state index in [0.717, 1.165) is 38.3 Å². The summed E-state index contributed by atoms with van der Waals surface area (Å²) in [6.07, 6.45) is 3.41. The average Bonchev–Trinajstić information content (AvgIpc) is 2.39. The van der Waals surface area contributed by atoms with E-state index >= 15 is 0 Å². The lowest BCUT2D eigenvalue weighted by atomic mass is 9.76. The monoisotopic (exact) mass is 311 g/mol. The highest BCUT2D eigenvalue weighted by atomic mass is 35.5. The van der Waals surface area contributed by atoms with Crippen LogP contribution < -0.4 is 5.32 Å². The zero-order valence-electron chi connectivity index (χ0n) is 11.6. The average molecular weight is 312 g/mol. The Morgan fingerprint density at radius 2 is 2.05 bits per heavy atom. The molecule has 20 heavy (non-hydrogen) atoms. The second-order valence-electron chi connectivity index (χ2n) is 5.66. The van der Waals surface area contributed by atoms with Crippen molar-refractivity contribution in [2.75, 3.05) is 20.1 Å². The molecule has 0 aromatic heterocycles. The largest absolute Gasteiger partial charge is 0.353 e. The Labute approximate surface area is 130 Å². The molecule has 1 saturated carbocycles. The van der Waals surface area contributed by atoms with E-state index in [2.05, 4.69) is 28.3 Å². The number of rotatable bonds is 2. The maximum atomic E-state index is 6.08. The van der Waals surface area contributed by atoms with Gasteiger partial charge in [-0.25, -0.2) is 0 Å². The molecule has 1 aromatic carbocycles. The predicted octanol–water partition coefficient (Wildman–Crippen LogP) is 3.52. The highest BCUT2D eigenvalue weighted by Crippen LogP contribution is 2.39. The molecule has 1 heterocycles. The van der Waals surface area contributed by atoms with Crippen molar-refractivity contribution in [3.05, 3.63) is 33.8 Å². The zero-order chi connectivity index (χ0) is 14.1. The Morgan fingerprint density at radius 3 is 2.75 bits per heavy atom. The van der Waals surface area contributed by atoms with Gasteiger partial charge >= 0.3 is 0 Å². The maximum Gasteiger partial charge on any atom is 0.193 e. The number of hydrogen-bond donors (Lipinski definition) is 1. The topological polar surface area (TPSA) is 27.6 Å². The molecular formula is C15H19Cl2N3. The summed E-state index contributed by atoms with van der Waals surface area (Å²) in [5.74, 6) is 1.63. The second-order valence-corrected chi connectivity index (χ2v) is 6.48. The fraction of sp³-hybridized carbons (Fsp3) is 0.533. The lowest BCUT2D eigenvalue weighted by molar-refractivity contribution is 0.308. The van der Waals surface area contributed by atoms with Crippen LogP contribution in [-0.4, -0.2) is 37.0 Å². The molecule has 5 heteroatoms. The van der Waals surface area contributed by atoms with E-state index in [1.54, 1.807) is 0 Å². The van der Waals surface area contributed by atoms with Crippen LogP contribution in [0.1, 0.15) is 30.7 Å². The van der Waals surface area contributed by atoms with Crippen molar-refractivity contribution in [2.45, 2.75) is 31.2 Å². The van der Waals surface area contributed by atoms with Crippen LogP contribution >= 0.6 is 23.2 Å². The Kier molecular flexibility index (Phi) is 4.08. The van der Waals surface area contributed by atoms with Crippen molar-refractivity contribution in [1.82, 2.24) is 10.2 Å². The zero-order valence-corrected chi connectivity index (χ0v) is 13.1. The molecular weight excluding hydrogens is 293 g/mol. The summed E-state index contributed by atoms with van der Waals surface area (Å²) < 4.78 is 0. The molecule has 1 aromatic rings. The maximum absolute atomic E-state index is 6.08. The standard InChI is InChI=1S/C15H19Cl2N3/c1-20-6-2-5-18-15(20)19-12-7-11(8-12)10-3-4-13(16)14(17)9-10/h3-4,9,11-12H,2,5-8H2,1H3,(H,18,19). The molecule has 0 spiro atoms. The van der Waals surface area contributed by atoms with Crippen LogP contribution in [-0.2, 0) is 0 Å². The third-order valence-corrected chi connectivity index (χ3v) is 4.90. The first kappa shape index (κ1) is 14.0. The first-order valence-electron chi connectivity index (χ1n) is 7.10. The van der Waals surface area contributed by atoms with E-state index in [9.17, 15) is 0 Å².